The Hall–Kier alpha value is -2.62. The number of carbonyl (C=O) groups is 1. The first-order valence-corrected chi connectivity index (χ1v) is 9.32. The molecule has 0 aliphatic heterocycles. The number of hydrogen-bond donors (Lipinski definition) is 1. The Kier molecular flexibility index (Phi) is 5.40. The van der Waals surface area contributed by atoms with E-state index in [2.05, 4.69) is 29.8 Å². The fourth-order valence-electron chi connectivity index (χ4n) is 3.11. The Labute approximate surface area is 155 Å². The van der Waals surface area contributed by atoms with Gasteiger partial charge in [-0.3, -0.25) is 4.79 Å². The predicted octanol–water partition coefficient (Wildman–Crippen LogP) is 4.88. The molecule has 0 saturated carbocycles. The van der Waals surface area contributed by atoms with Crippen molar-refractivity contribution in [2.24, 2.45) is 5.92 Å². The zero-order chi connectivity index (χ0) is 18.7. The number of para-hydroxylation sites is 2. The molecule has 2 unspecified atom stereocenters. The molecule has 3 rings (SSSR count). The molecule has 2 aromatic carbocycles. The summed E-state index contributed by atoms with van der Waals surface area (Å²) in [6.45, 7) is 9.36. The van der Waals surface area contributed by atoms with E-state index in [0.29, 0.717) is 11.5 Å². The number of fused-ring (bicyclic) bond motifs is 1. The molecule has 3 aromatic rings. The summed E-state index contributed by atoms with van der Waals surface area (Å²) in [4.78, 5) is 17.4. The van der Waals surface area contributed by atoms with Gasteiger partial charge >= 0.3 is 0 Å². The van der Waals surface area contributed by atoms with Crippen LogP contribution in [0.2, 0.25) is 0 Å². The molecule has 26 heavy (non-hydrogen) atoms. The summed E-state index contributed by atoms with van der Waals surface area (Å²) < 4.78 is 2.25. The Morgan fingerprint density at radius 1 is 1.12 bits per heavy atom. The maximum Gasteiger partial charge on any atom is 0.251 e. The molecule has 136 valence electrons. The van der Waals surface area contributed by atoms with Gasteiger partial charge in [-0.1, -0.05) is 50.1 Å². The van der Waals surface area contributed by atoms with E-state index in [1.54, 1.807) is 0 Å². The first-order chi connectivity index (χ1) is 12.5. The Bertz CT molecular complexity index is 895. The highest BCUT2D eigenvalue weighted by Gasteiger charge is 2.19. The van der Waals surface area contributed by atoms with E-state index in [0.717, 1.165) is 35.4 Å². The van der Waals surface area contributed by atoms with Crippen LogP contribution < -0.4 is 5.32 Å². The van der Waals surface area contributed by atoms with Crippen LogP contribution in [0.5, 0.6) is 0 Å². The normalized spacial score (nSPS) is 13.5. The minimum Gasteiger partial charge on any atom is -0.342 e. The number of aryl methyl sites for hydroxylation is 1. The number of amides is 1. The van der Waals surface area contributed by atoms with E-state index in [1.807, 2.05) is 56.3 Å². The van der Waals surface area contributed by atoms with Crippen LogP contribution in [-0.2, 0) is 6.54 Å². The lowest BCUT2D eigenvalue weighted by molar-refractivity contribution is 0.0937. The van der Waals surface area contributed by atoms with Crippen molar-refractivity contribution < 1.29 is 4.79 Å². The van der Waals surface area contributed by atoms with E-state index < -0.39 is 0 Å². The highest BCUT2D eigenvalue weighted by Crippen LogP contribution is 2.23. The number of rotatable bonds is 6. The Morgan fingerprint density at radius 3 is 2.50 bits per heavy atom. The summed E-state index contributed by atoms with van der Waals surface area (Å²) in [5.74, 6) is 1.39. The second kappa shape index (κ2) is 7.73. The molecule has 1 N–H and O–H groups in total. The first-order valence-electron chi connectivity index (χ1n) is 9.32. The molecule has 0 aliphatic carbocycles. The number of imidazole rings is 1. The summed E-state index contributed by atoms with van der Waals surface area (Å²) in [5, 5.41) is 3.10. The minimum atomic E-state index is -0.166. The zero-order valence-electron chi connectivity index (χ0n) is 16.0. The van der Waals surface area contributed by atoms with Crippen LogP contribution in [0.3, 0.4) is 0 Å². The van der Waals surface area contributed by atoms with E-state index in [-0.39, 0.29) is 11.9 Å². The smallest absolute Gasteiger partial charge is 0.251 e. The fraction of sp³-hybridized carbons (Fsp3) is 0.364. The molecule has 0 aliphatic rings. The molecular formula is C22H27N3O. The lowest BCUT2D eigenvalue weighted by Gasteiger charge is -2.18. The van der Waals surface area contributed by atoms with E-state index in [4.69, 9.17) is 4.98 Å². The topological polar surface area (TPSA) is 46.9 Å². The Morgan fingerprint density at radius 2 is 1.81 bits per heavy atom. The van der Waals surface area contributed by atoms with Gasteiger partial charge in [-0.15, -0.1) is 0 Å². The van der Waals surface area contributed by atoms with Crippen LogP contribution in [0, 0.1) is 12.8 Å². The van der Waals surface area contributed by atoms with E-state index in [1.165, 1.54) is 0 Å². The first kappa shape index (κ1) is 18.2. The monoisotopic (exact) mass is 349 g/mol. The summed E-state index contributed by atoms with van der Waals surface area (Å²) in [7, 11) is 0. The summed E-state index contributed by atoms with van der Waals surface area (Å²) in [6.07, 6.45) is 1.11. The molecular weight excluding hydrogens is 322 g/mol. The van der Waals surface area contributed by atoms with Gasteiger partial charge in [-0.25, -0.2) is 4.98 Å². The molecule has 0 saturated heterocycles. The quantitative estimate of drug-likeness (QED) is 0.689. The Balaban J connectivity index is 1.89. The number of nitrogens with one attached hydrogen (secondary N) is 1. The largest absolute Gasteiger partial charge is 0.342 e. The van der Waals surface area contributed by atoms with Gasteiger partial charge in [0, 0.05) is 12.1 Å². The summed E-state index contributed by atoms with van der Waals surface area (Å²) in [6, 6.07) is 15.6. The molecule has 0 bridgehead atoms. The lowest BCUT2D eigenvalue weighted by Crippen LogP contribution is -2.29. The number of nitrogens with zero attached hydrogens (tertiary/aromatic N) is 2. The van der Waals surface area contributed by atoms with Crippen molar-refractivity contribution in [3.63, 3.8) is 0 Å². The van der Waals surface area contributed by atoms with Gasteiger partial charge in [0.25, 0.3) is 5.91 Å². The van der Waals surface area contributed by atoms with Gasteiger partial charge in [0.05, 0.1) is 17.1 Å². The third kappa shape index (κ3) is 3.79. The van der Waals surface area contributed by atoms with Crippen molar-refractivity contribution in [2.45, 2.75) is 46.7 Å². The molecule has 0 spiro atoms. The lowest BCUT2D eigenvalue weighted by atomic mass is 10.1. The van der Waals surface area contributed by atoms with Gasteiger partial charge in [-0.05, 0) is 44.0 Å². The SMILES string of the molecule is CCC(C)Cn1c(C(C)NC(=O)c2ccc(C)cc2)nc2ccccc21. The molecule has 4 heteroatoms. The van der Waals surface area contributed by atoms with Crippen molar-refractivity contribution in [1.29, 1.82) is 0 Å². The third-order valence-corrected chi connectivity index (χ3v) is 4.92. The van der Waals surface area contributed by atoms with Gasteiger partial charge in [0.1, 0.15) is 5.82 Å². The van der Waals surface area contributed by atoms with Crippen LogP contribution in [-0.4, -0.2) is 15.5 Å². The third-order valence-electron chi connectivity index (χ3n) is 4.92. The fourth-order valence-corrected chi connectivity index (χ4v) is 3.11. The molecule has 1 amide bonds. The van der Waals surface area contributed by atoms with Crippen LogP contribution >= 0.6 is 0 Å². The maximum atomic E-state index is 12.6. The second-order valence-corrected chi connectivity index (χ2v) is 7.14. The molecule has 0 fully saturated rings. The van der Waals surface area contributed by atoms with Crippen LogP contribution in [0.15, 0.2) is 48.5 Å². The number of carbonyl (C=O) groups excluding carboxylic acids is 1. The van der Waals surface area contributed by atoms with Crippen molar-refractivity contribution in [1.82, 2.24) is 14.9 Å². The van der Waals surface area contributed by atoms with Crippen LogP contribution in [0.4, 0.5) is 0 Å². The van der Waals surface area contributed by atoms with E-state index in [9.17, 15) is 4.79 Å². The molecule has 1 aromatic heterocycles. The van der Waals surface area contributed by atoms with Gasteiger partial charge in [-0.2, -0.15) is 0 Å². The highest BCUT2D eigenvalue weighted by atomic mass is 16.1. The maximum absolute atomic E-state index is 12.6. The molecule has 1 heterocycles. The van der Waals surface area contributed by atoms with Gasteiger partial charge in [0.15, 0.2) is 0 Å². The molecule has 4 nitrogen and oxygen atoms in total. The number of aromatic nitrogens is 2. The van der Waals surface area contributed by atoms with Crippen molar-refractivity contribution >= 4 is 16.9 Å². The zero-order valence-corrected chi connectivity index (χ0v) is 16.0. The van der Waals surface area contributed by atoms with E-state index >= 15 is 0 Å². The highest BCUT2D eigenvalue weighted by molar-refractivity contribution is 5.94. The average Bonchev–Trinajstić information content (AvgIpc) is 3.00. The second-order valence-electron chi connectivity index (χ2n) is 7.14. The van der Waals surface area contributed by atoms with Crippen molar-refractivity contribution in [2.75, 3.05) is 0 Å². The van der Waals surface area contributed by atoms with Gasteiger partial charge < -0.3 is 9.88 Å². The summed E-state index contributed by atoms with van der Waals surface area (Å²) >= 11 is 0. The van der Waals surface area contributed by atoms with Crippen molar-refractivity contribution in [3.8, 4) is 0 Å². The molecule has 2 atom stereocenters. The van der Waals surface area contributed by atoms with Gasteiger partial charge in [0.2, 0.25) is 0 Å². The summed E-state index contributed by atoms with van der Waals surface area (Å²) in [5.41, 5.74) is 3.92. The van der Waals surface area contributed by atoms with Crippen molar-refractivity contribution in [3.05, 3.63) is 65.5 Å². The average molecular weight is 349 g/mol. The minimum absolute atomic E-state index is 0.0698. The number of hydrogen-bond acceptors (Lipinski definition) is 2. The predicted molar refractivity (Wildman–Crippen MR) is 106 cm³/mol. The molecule has 0 radical (unpaired) electrons. The van der Waals surface area contributed by atoms with Crippen LogP contribution in [0.1, 0.15) is 55.0 Å². The standard InChI is InChI=1S/C22H27N3O/c1-5-15(2)14-25-20-9-7-6-8-19(20)24-21(25)17(4)23-22(26)18-12-10-16(3)11-13-18/h6-13,15,17H,5,14H2,1-4H3,(H,23,26). The van der Waals surface area contributed by atoms with Crippen LogP contribution in [0.25, 0.3) is 11.0 Å². The number of benzene rings is 2.